The molecule has 0 spiro atoms. The Morgan fingerprint density at radius 2 is 2.16 bits per heavy atom. The van der Waals surface area contributed by atoms with Gasteiger partial charge in [0.25, 0.3) is 5.91 Å². The molecule has 12 heteroatoms. The number of rotatable bonds is 6. The molecule has 1 amide bonds. The first-order chi connectivity index (χ1) is 11.6. The monoisotopic (exact) mass is 378 g/mol. The largest absolute Gasteiger partial charge is 0.424 e. The van der Waals surface area contributed by atoms with Gasteiger partial charge in [-0.2, -0.15) is 13.2 Å². The molecule has 2 N–H and O–H groups in total. The Bertz CT molecular complexity index is 788. The Morgan fingerprint density at radius 1 is 1.48 bits per heavy atom. The number of aryl methyl sites for hydroxylation is 1. The molecule has 136 valence electrons. The molecule has 1 unspecified atom stereocenters. The van der Waals surface area contributed by atoms with Gasteiger partial charge in [-0.3, -0.25) is 14.9 Å². The summed E-state index contributed by atoms with van der Waals surface area (Å²) in [6, 6.07) is 2.33. The highest BCUT2D eigenvalue weighted by molar-refractivity contribution is 7.17. The predicted molar refractivity (Wildman–Crippen MR) is 81.1 cm³/mol. The van der Waals surface area contributed by atoms with Crippen LogP contribution in [0.1, 0.15) is 21.9 Å². The Hall–Kier alpha value is -2.47. The molecule has 2 rings (SSSR count). The van der Waals surface area contributed by atoms with Crippen molar-refractivity contribution in [3.8, 4) is 0 Å². The molecule has 2 aromatic rings. The van der Waals surface area contributed by atoms with Crippen molar-refractivity contribution in [1.29, 1.82) is 0 Å². The van der Waals surface area contributed by atoms with Crippen LogP contribution in [0.4, 0.5) is 18.2 Å². The van der Waals surface area contributed by atoms with E-state index in [9.17, 15) is 33.2 Å². The van der Waals surface area contributed by atoms with E-state index in [1.54, 1.807) is 0 Å². The number of nitro groups is 1. The molecule has 0 aliphatic carbocycles. The van der Waals surface area contributed by atoms with Crippen LogP contribution in [0.25, 0.3) is 0 Å². The third-order valence-corrected chi connectivity index (χ3v) is 4.46. The summed E-state index contributed by atoms with van der Waals surface area (Å²) in [5.41, 5.74) is -3.24. The molecule has 0 radical (unpaired) electrons. The lowest BCUT2D eigenvalue weighted by atomic mass is 9.97. The van der Waals surface area contributed by atoms with E-state index in [4.69, 9.17) is 0 Å². The summed E-state index contributed by atoms with van der Waals surface area (Å²) in [4.78, 5) is 25.3. The Kier molecular flexibility index (Phi) is 5.13. The fourth-order valence-corrected chi connectivity index (χ4v) is 2.87. The van der Waals surface area contributed by atoms with Crippen molar-refractivity contribution in [2.45, 2.75) is 18.2 Å². The summed E-state index contributed by atoms with van der Waals surface area (Å²) in [6.07, 6.45) is -3.48. The van der Waals surface area contributed by atoms with Crippen LogP contribution in [-0.2, 0) is 12.6 Å². The Morgan fingerprint density at radius 3 is 2.64 bits per heavy atom. The molecule has 8 nitrogen and oxygen atoms in total. The lowest BCUT2D eigenvalue weighted by Crippen LogP contribution is -2.46. The van der Waals surface area contributed by atoms with Gasteiger partial charge in [-0.25, -0.2) is 4.98 Å². The van der Waals surface area contributed by atoms with Crippen LogP contribution in [0.15, 0.2) is 24.5 Å². The van der Waals surface area contributed by atoms with Crippen molar-refractivity contribution >= 4 is 22.2 Å². The first-order valence-electron chi connectivity index (χ1n) is 6.85. The number of nitrogens with zero attached hydrogens (tertiary/aromatic N) is 3. The quantitative estimate of drug-likeness (QED) is 0.590. The number of aromatic nitrogens is 2. The molecule has 0 saturated heterocycles. The second kappa shape index (κ2) is 6.80. The zero-order valence-electron chi connectivity index (χ0n) is 12.8. The molecule has 0 aliphatic heterocycles. The maximum atomic E-state index is 13.3. The average Bonchev–Trinajstić information content (AvgIpc) is 3.14. The second-order valence-electron chi connectivity index (χ2n) is 5.12. The maximum absolute atomic E-state index is 13.3. The van der Waals surface area contributed by atoms with Gasteiger partial charge in [-0.15, -0.1) is 0 Å². The van der Waals surface area contributed by atoms with E-state index in [2.05, 4.69) is 10.3 Å². The van der Waals surface area contributed by atoms with E-state index in [-0.39, 0.29) is 9.88 Å². The molecule has 0 saturated carbocycles. The summed E-state index contributed by atoms with van der Waals surface area (Å²) in [6.45, 7) is -0.507. The number of aliphatic hydroxyl groups is 1. The molecule has 25 heavy (non-hydrogen) atoms. The number of hydrogen-bond acceptors (Lipinski definition) is 6. The van der Waals surface area contributed by atoms with Crippen LogP contribution in [0.2, 0.25) is 0 Å². The topological polar surface area (TPSA) is 110 Å². The minimum atomic E-state index is -5.00. The summed E-state index contributed by atoms with van der Waals surface area (Å²) in [5, 5.41) is 22.6. The standard InChI is InChI=1S/C13H13F3N4O4S/c1-19-7-6-18-11(19)12(22,13(14,15)16)4-5-17-10(21)8-2-3-9(25-8)20(23)24/h2-3,6-7,22H,4-5H2,1H3,(H,17,21). The van der Waals surface area contributed by atoms with Gasteiger partial charge in [0.2, 0.25) is 5.60 Å². The number of hydrogen-bond donors (Lipinski definition) is 2. The van der Waals surface area contributed by atoms with E-state index in [1.165, 1.54) is 19.3 Å². The number of alkyl halides is 3. The van der Waals surface area contributed by atoms with Gasteiger partial charge in [0, 0.05) is 38.5 Å². The van der Waals surface area contributed by atoms with Gasteiger partial charge < -0.3 is 15.0 Å². The molecule has 0 aromatic carbocycles. The van der Waals surface area contributed by atoms with Crippen LogP contribution in [-0.4, -0.2) is 38.2 Å². The third kappa shape index (κ3) is 3.79. The highest BCUT2D eigenvalue weighted by Gasteiger charge is 2.57. The molecule has 0 fully saturated rings. The second-order valence-corrected chi connectivity index (χ2v) is 6.18. The first kappa shape index (κ1) is 18.9. The van der Waals surface area contributed by atoms with Gasteiger partial charge in [0.05, 0.1) is 9.80 Å². The number of amides is 1. The molecule has 1 atom stereocenters. The van der Waals surface area contributed by atoms with Gasteiger partial charge in [0.1, 0.15) is 5.82 Å². The van der Waals surface area contributed by atoms with Crippen molar-refractivity contribution in [1.82, 2.24) is 14.9 Å². The first-order valence-corrected chi connectivity index (χ1v) is 7.67. The van der Waals surface area contributed by atoms with Crippen molar-refractivity contribution in [3.63, 3.8) is 0 Å². The van der Waals surface area contributed by atoms with Gasteiger partial charge in [0.15, 0.2) is 0 Å². The van der Waals surface area contributed by atoms with Gasteiger partial charge >= 0.3 is 11.2 Å². The van der Waals surface area contributed by atoms with Crippen molar-refractivity contribution in [2.75, 3.05) is 6.54 Å². The third-order valence-electron chi connectivity index (χ3n) is 3.43. The van der Waals surface area contributed by atoms with Crippen LogP contribution in [0.5, 0.6) is 0 Å². The van der Waals surface area contributed by atoms with Crippen molar-refractivity contribution < 1.29 is 28.0 Å². The summed E-state index contributed by atoms with van der Waals surface area (Å²) in [5.74, 6) is -1.36. The zero-order chi connectivity index (χ0) is 18.8. The summed E-state index contributed by atoms with van der Waals surface area (Å²) < 4.78 is 40.9. The molecular weight excluding hydrogens is 365 g/mol. The predicted octanol–water partition coefficient (Wildman–Crippen LogP) is 1.96. The molecule has 0 aliphatic rings. The fourth-order valence-electron chi connectivity index (χ4n) is 2.14. The number of carbonyl (C=O) groups excluding carboxylic acids is 1. The number of carbonyl (C=O) groups is 1. The van der Waals surface area contributed by atoms with E-state index in [1.807, 2.05) is 0 Å². The molecule has 2 aromatic heterocycles. The van der Waals surface area contributed by atoms with Crippen molar-refractivity contribution in [2.24, 2.45) is 7.05 Å². The van der Waals surface area contributed by atoms with Crippen LogP contribution in [0, 0.1) is 10.1 Å². The minimum Gasteiger partial charge on any atom is -0.374 e. The smallest absolute Gasteiger partial charge is 0.374 e. The number of nitrogens with one attached hydrogen (secondary N) is 1. The van der Waals surface area contributed by atoms with Crippen molar-refractivity contribution in [3.05, 3.63) is 45.3 Å². The van der Waals surface area contributed by atoms with E-state index < -0.39 is 41.4 Å². The van der Waals surface area contributed by atoms with Gasteiger partial charge in [-0.1, -0.05) is 11.3 Å². The van der Waals surface area contributed by atoms with E-state index in [0.717, 1.165) is 16.8 Å². The normalized spacial score (nSPS) is 14.1. The number of imidazole rings is 1. The Labute approximate surface area is 143 Å². The lowest BCUT2D eigenvalue weighted by molar-refractivity contribution is -0.380. The summed E-state index contributed by atoms with van der Waals surface area (Å²) in [7, 11) is 1.31. The maximum Gasteiger partial charge on any atom is 0.424 e. The molecule has 0 bridgehead atoms. The van der Waals surface area contributed by atoms with E-state index >= 15 is 0 Å². The number of thiophene rings is 1. The minimum absolute atomic E-state index is 0.0146. The SMILES string of the molecule is Cn1ccnc1C(O)(CCNC(=O)c1ccc([N+](=O)[O-])s1)C(F)(F)F. The Balaban J connectivity index is 2.08. The lowest BCUT2D eigenvalue weighted by Gasteiger charge is -2.29. The van der Waals surface area contributed by atoms with Crippen LogP contribution in [0.3, 0.4) is 0 Å². The fraction of sp³-hybridized carbons (Fsp3) is 0.385. The van der Waals surface area contributed by atoms with Crippen LogP contribution >= 0.6 is 11.3 Å². The molecule has 2 heterocycles. The van der Waals surface area contributed by atoms with E-state index in [0.29, 0.717) is 11.3 Å². The zero-order valence-corrected chi connectivity index (χ0v) is 13.6. The highest BCUT2D eigenvalue weighted by atomic mass is 32.1. The molecular formula is C13H13F3N4O4S. The summed E-state index contributed by atoms with van der Waals surface area (Å²) >= 11 is 0.600. The highest BCUT2D eigenvalue weighted by Crippen LogP contribution is 2.40. The average molecular weight is 378 g/mol. The van der Waals surface area contributed by atoms with Crippen LogP contribution < -0.4 is 5.32 Å². The van der Waals surface area contributed by atoms with Gasteiger partial charge in [-0.05, 0) is 6.07 Å². The number of halogens is 3.